The molecule has 1 atom stereocenters. The molecule has 4 fully saturated rings. The van der Waals surface area contributed by atoms with Crippen LogP contribution < -0.4 is 5.32 Å². The van der Waals surface area contributed by atoms with Crippen LogP contribution in [0.4, 0.5) is 0 Å². The van der Waals surface area contributed by atoms with Crippen molar-refractivity contribution in [3.05, 3.63) is 12.2 Å². The van der Waals surface area contributed by atoms with Crippen LogP contribution in [0.25, 0.3) is 0 Å². The van der Waals surface area contributed by atoms with E-state index < -0.39 is 0 Å². The average molecular weight is 361 g/mol. The van der Waals surface area contributed by atoms with Crippen molar-refractivity contribution >= 4 is 5.91 Å². The van der Waals surface area contributed by atoms with Crippen molar-refractivity contribution in [2.75, 3.05) is 13.7 Å². The van der Waals surface area contributed by atoms with E-state index in [-0.39, 0.29) is 17.4 Å². The molecule has 0 aliphatic heterocycles. The molecule has 0 spiro atoms. The first-order valence-electron chi connectivity index (χ1n) is 10.2. The van der Waals surface area contributed by atoms with Gasteiger partial charge in [-0.25, -0.2) is 0 Å². The molecule has 0 saturated heterocycles. The largest absolute Gasteiger partial charge is 0.385 e. The summed E-state index contributed by atoms with van der Waals surface area (Å²) in [5.74, 6) is 3.67. The van der Waals surface area contributed by atoms with Crippen molar-refractivity contribution in [3.63, 3.8) is 0 Å². The van der Waals surface area contributed by atoms with Gasteiger partial charge >= 0.3 is 0 Å². The normalized spacial score (nSPS) is 33.4. The Morgan fingerprint density at radius 3 is 2.58 bits per heavy atom. The summed E-state index contributed by atoms with van der Waals surface area (Å²) in [5, 5.41) is 11.5. The van der Waals surface area contributed by atoms with Gasteiger partial charge in [0.25, 0.3) is 0 Å². The quantitative estimate of drug-likeness (QED) is 0.723. The molecule has 1 unspecified atom stereocenters. The highest BCUT2D eigenvalue weighted by molar-refractivity contribution is 5.77. The van der Waals surface area contributed by atoms with Crippen LogP contribution in [0.1, 0.15) is 70.2 Å². The standard InChI is InChI=1S/C20H32N4O2/c1-14(19-23-21-13-24(19)4-3-5-26-2)22-18(25)12-20-9-15-6-16(10-20)8-17(7-15)11-20/h13-17H,3-12H2,1-2H3,(H,22,25). The molecule has 1 amide bonds. The third-order valence-electron chi connectivity index (χ3n) is 6.86. The van der Waals surface area contributed by atoms with Gasteiger partial charge in [-0.05, 0) is 75.0 Å². The zero-order chi connectivity index (χ0) is 18.1. The molecule has 4 aliphatic carbocycles. The number of amides is 1. The van der Waals surface area contributed by atoms with Crippen LogP contribution in [0.15, 0.2) is 6.33 Å². The summed E-state index contributed by atoms with van der Waals surface area (Å²) in [4.78, 5) is 12.8. The number of methoxy groups -OCH3 is 1. The lowest BCUT2D eigenvalue weighted by molar-refractivity contribution is -0.130. The number of hydrogen-bond acceptors (Lipinski definition) is 4. The van der Waals surface area contributed by atoms with Crippen LogP contribution in [0.3, 0.4) is 0 Å². The number of hydrogen-bond donors (Lipinski definition) is 1. The zero-order valence-electron chi connectivity index (χ0n) is 16.1. The number of aryl methyl sites for hydroxylation is 1. The van der Waals surface area contributed by atoms with Gasteiger partial charge in [0.1, 0.15) is 6.33 Å². The van der Waals surface area contributed by atoms with E-state index in [1.165, 1.54) is 38.5 Å². The van der Waals surface area contributed by atoms with Gasteiger partial charge in [0.2, 0.25) is 5.91 Å². The maximum atomic E-state index is 12.8. The molecule has 1 heterocycles. The maximum absolute atomic E-state index is 12.8. The third-order valence-corrected chi connectivity index (χ3v) is 6.86. The Balaban J connectivity index is 1.34. The predicted molar refractivity (Wildman–Crippen MR) is 98.3 cm³/mol. The lowest BCUT2D eigenvalue weighted by atomic mass is 9.49. The lowest BCUT2D eigenvalue weighted by Crippen LogP contribution is -2.48. The van der Waals surface area contributed by atoms with Crippen LogP contribution in [-0.4, -0.2) is 34.4 Å². The second kappa shape index (κ2) is 7.29. The Hall–Kier alpha value is -1.43. The molecule has 26 heavy (non-hydrogen) atoms. The van der Waals surface area contributed by atoms with Crippen LogP contribution in [0.5, 0.6) is 0 Å². The molecule has 4 aliphatic rings. The fourth-order valence-corrected chi connectivity index (χ4v) is 6.35. The molecule has 1 N–H and O–H groups in total. The van der Waals surface area contributed by atoms with Crippen LogP contribution in [0.2, 0.25) is 0 Å². The number of carbonyl (C=O) groups excluding carboxylic acids is 1. The molecule has 1 aromatic rings. The zero-order valence-corrected chi connectivity index (χ0v) is 16.1. The minimum atomic E-state index is -0.110. The van der Waals surface area contributed by atoms with Crippen molar-refractivity contribution in [1.82, 2.24) is 20.1 Å². The minimum Gasteiger partial charge on any atom is -0.385 e. The van der Waals surface area contributed by atoms with E-state index in [0.29, 0.717) is 13.0 Å². The van der Waals surface area contributed by atoms with Crippen LogP contribution >= 0.6 is 0 Å². The molecule has 1 aromatic heterocycles. The van der Waals surface area contributed by atoms with E-state index in [9.17, 15) is 4.79 Å². The number of carbonyl (C=O) groups is 1. The maximum Gasteiger partial charge on any atom is 0.221 e. The summed E-state index contributed by atoms with van der Waals surface area (Å²) < 4.78 is 7.14. The van der Waals surface area contributed by atoms with Gasteiger partial charge in [0, 0.05) is 26.7 Å². The SMILES string of the molecule is COCCCn1cnnc1C(C)NC(=O)CC12CC3CC(CC(C3)C1)C2. The minimum absolute atomic E-state index is 0.110. The average Bonchev–Trinajstić information content (AvgIpc) is 3.01. The first-order chi connectivity index (χ1) is 12.6. The summed E-state index contributed by atoms with van der Waals surface area (Å²) in [5.41, 5.74) is 0.282. The number of rotatable bonds is 8. The summed E-state index contributed by atoms with van der Waals surface area (Å²) in [6.45, 7) is 3.53. The number of ether oxygens (including phenoxy) is 1. The Kier molecular flexibility index (Phi) is 5.04. The lowest BCUT2D eigenvalue weighted by Gasteiger charge is -2.56. The fraction of sp³-hybridized carbons (Fsp3) is 0.850. The molecule has 6 heteroatoms. The van der Waals surface area contributed by atoms with E-state index in [1.807, 2.05) is 11.5 Å². The number of nitrogens with zero attached hydrogens (tertiary/aromatic N) is 3. The highest BCUT2D eigenvalue weighted by atomic mass is 16.5. The van der Waals surface area contributed by atoms with Gasteiger partial charge in [0.15, 0.2) is 5.82 Å². The van der Waals surface area contributed by atoms with Crippen molar-refractivity contribution in [2.24, 2.45) is 23.2 Å². The van der Waals surface area contributed by atoms with Gasteiger partial charge < -0.3 is 14.6 Å². The van der Waals surface area contributed by atoms with Crippen molar-refractivity contribution in [3.8, 4) is 0 Å². The van der Waals surface area contributed by atoms with E-state index in [2.05, 4.69) is 15.5 Å². The summed E-state index contributed by atoms with van der Waals surface area (Å²) in [6, 6.07) is -0.110. The van der Waals surface area contributed by atoms with Crippen LogP contribution in [0, 0.1) is 23.2 Å². The third kappa shape index (κ3) is 3.66. The van der Waals surface area contributed by atoms with Gasteiger partial charge in [-0.2, -0.15) is 0 Å². The van der Waals surface area contributed by atoms with Gasteiger partial charge in [-0.3, -0.25) is 4.79 Å². The summed E-state index contributed by atoms with van der Waals surface area (Å²) in [7, 11) is 1.71. The van der Waals surface area contributed by atoms with Crippen molar-refractivity contribution < 1.29 is 9.53 Å². The van der Waals surface area contributed by atoms with Gasteiger partial charge in [-0.15, -0.1) is 10.2 Å². The van der Waals surface area contributed by atoms with E-state index in [1.54, 1.807) is 13.4 Å². The van der Waals surface area contributed by atoms with E-state index in [0.717, 1.165) is 36.5 Å². The van der Waals surface area contributed by atoms with Gasteiger partial charge in [0.05, 0.1) is 6.04 Å². The van der Waals surface area contributed by atoms with Crippen molar-refractivity contribution in [1.29, 1.82) is 0 Å². The molecule has 6 nitrogen and oxygen atoms in total. The van der Waals surface area contributed by atoms with Gasteiger partial charge in [-0.1, -0.05) is 0 Å². The molecule has 0 aromatic carbocycles. The molecular weight excluding hydrogens is 328 g/mol. The highest BCUT2D eigenvalue weighted by Gasteiger charge is 2.51. The van der Waals surface area contributed by atoms with Crippen molar-refractivity contribution in [2.45, 2.75) is 70.9 Å². The highest BCUT2D eigenvalue weighted by Crippen LogP contribution is 2.61. The first-order valence-corrected chi connectivity index (χ1v) is 10.2. The Bertz CT molecular complexity index is 606. The molecule has 0 radical (unpaired) electrons. The monoisotopic (exact) mass is 360 g/mol. The Labute approximate surface area is 156 Å². The summed E-state index contributed by atoms with van der Waals surface area (Å²) in [6.07, 6.45) is 11.4. The predicted octanol–water partition coefficient (Wildman–Crippen LogP) is 3.10. The van der Waals surface area contributed by atoms with E-state index in [4.69, 9.17) is 4.74 Å². The van der Waals surface area contributed by atoms with E-state index >= 15 is 0 Å². The molecule has 4 saturated carbocycles. The molecule has 144 valence electrons. The second-order valence-corrected chi connectivity index (χ2v) is 9.11. The number of nitrogens with one attached hydrogen (secondary N) is 1. The summed E-state index contributed by atoms with van der Waals surface area (Å²) >= 11 is 0. The second-order valence-electron chi connectivity index (χ2n) is 9.11. The number of aromatic nitrogens is 3. The van der Waals surface area contributed by atoms with Crippen LogP contribution in [-0.2, 0) is 16.1 Å². The first kappa shape index (κ1) is 18.0. The fourth-order valence-electron chi connectivity index (χ4n) is 6.35. The Morgan fingerprint density at radius 2 is 1.96 bits per heavy atom. The topological polar surface area (TPSA) is 69.0 Å². The Morgan fingerprint density at radius 1 is 1.31 bits per heavy atom. The molecule has 5 rings (SSSR count). The molecular formula is C20H32N4O2. The molecule has 4 bridgehead atoms. The smallest absolute Gasteiger partial charge is 0.221 e.